The fourth-order valence-corrected chi connectivity index (χ4v) is 2.14. The summed E-state index contributed by atoms with van der Waals surface area (Å²) in [5.74, 6) is -1.29. The molecule has 0 spiro atoms. The van der Waals surface area contributed by atoms with E-state index in [1.165, 1.54) is 14.2 Å². The molecule has 0 N–H and O–H groups in total. The number of methoxy groups -OCH3 is 2. The average Bonchev–Trinajstić information content (AvgIpc) is 2.53. The van der Waals surface area contributed by atoms with E-state index in [4.69, 9.17) is 9.47 Å². The third kappa shape index (κ3) is 4.28. The van der Waals surface area contributed by atoms with E-state index in [0.29, 0.717) is 11.1 Å². The molecule has 0 aromatic heterocycles. The van der Waals surface area contributed by atoms with Crippen LogP contribution in [-0.2, 0) is 25.5 Å². The highest BCUT2D eigenvalue weighted by Crippen LogP contribution is 2.21. The van der Waals surface area contributed by atoms with Crippen LogP contribution < -0.4 is 0 Å². The van der Waals surface area contributed by atoms with Gasteiger partial charge < -0.3 is 9.47 Å². The third-order valence-electron chi connectivity index (χ3n) is 3.24. The first-order chi connectivity index (χ1) is 10.4. The Kier molecular flexibility index (Phi) is 6.50. The molecule has 5 heteroatoms. The number of hydrogen-bond donors (Lipinski definition) is 0. The quantitative estimate of drug-likeness (QED) is 0.458. The van der Waals surface area contributed by atoms with Gasteiger partial charge in [-0.25, -0.2) is 9.59 Å². The minimum absolute atomic E-state index is 0.184. The molecule has 0 aliphatic heterocycles. The van der Waals surface area contributed by atoms with Crippen LogP contribution in [0.4, 0.5) is 0 Å². The summed E-state index contributed by atoms with van der Waals surface area (Å²) in [6, 6.07) is 6.79. The van der Waals surface area contributed by atoms with E-state index < -0.39 is 11.9 Å². The van der Waals surface area contributed by atoms with Gasteiger partial charge >= 0.3 is 11.9 Å². The number of carbonyl (C=O) groups excluding carboxylic acids is 3. The second-order valence-corrected chi connectivity index (χ2v) is 5.07. The second kappa shape index (κ2) is 8.12. The number of carbonyl (C=O) groups is 3. The fourth-order valence-electron chi connectivity index (χ4n) is 2.14. The fraction of sp³-hybridized carbons (Fsp3) is 0.353. The Labute approximate surface area is 129 Å². The van der Waals surface area contributed by atoms with Gasteiger partial charge in [-0.05, 0) is 11.5 Å². The van der Waals surface area contributed by atoms with Gasteiger partial charge in [-0.2, -0.15) is 0 Å². The van der Waals surface area contributed by atoms with E-state index in [0.717, 1.165) is 11.8 Å². The molecule has 0 amide bonds. The summed E-state index contributed by atoms with van der Waals surface area (Å²) in [5, 5.41) is 0. The van der Waals surface area contributed by atoms with Gasteiger partial charge in [-0.1, -0.05) is 38.1 Å². The molecule has 0 radical (unpaired) electrons. The lowest BCUT2D eigenvalue weighted by Gasteiger charge is -2.15. The van der Waals surface area contributed by atoms with Crippen LogP contribution in [0.5, 0.6) is 0 Å². The number of rotatable bonds is 6. The summed E-state index contributed by atoms with van der Waals surface area (Å²) in [6.07, 6.45) is 0.975. The van der Waals surface area contributed by atoms with Crippen LogP contribution in [-0.4, -0.2) is 32.4 Å². The van der Waals surface area contributed by atoms with Gasteiger partial charge in [0, 0.05) is 12.0 Å². The van der Waals surface area contributed by atoms with Gasteiger partial charge in [-0.15, -0.1) is 0 Å². The van der Waals surface area contributed by atoms with E-state index in [1.54, 1.807) is 24.3 Å². The van der Waals surface area contributed by atoms with Crippen molar-refractivity contribution in [1.82, 2.24) is 0 Å². The summed E-state index contributed by atoms with van der Waals surface area (Å²) in [5.41, 5.74) is 1.91. The van der Waals surface area contributed by atoms with Crippen molar-refractivity contribution in [3.8, 4) is 0 Å². The van der Waals surface area contributed by atoms with E-state index in [9.17, 15) is 14.4 Å². The van der Waals surface area contributed by atoms with Crippen LogP contribution in [0.15, 0.2) is 35.4 Å². The predicted molar refractivity (Wildman–Crippen MR) is 81.4 cm³/mol. The van der Waals surface area contributed by atoms with E-state index in [2.05, 4.69) is 0 Å². The molecule has 0 atom stereocenters. The number of aldehydes is 1. The van der Waals surface area contributed by atoms with Crippen LogP contribution >= 0.6 is 0 Å². The van der Waals surface area contributed by atoms with E-state index in [-0.39, 0.29) is 17.9 Å². The van der Waals surface area contributed by atoms with Gasteiger partial charge in [0.05, 0.1) is 25.4 Å². The van der Waals surface area contributed by atoms with E-state index in [1.807, 2.05) is 13.8 Å². The summed E-state index contributed by atoms with van der Waals surface area (Å²) in [7, 11) is 2.55. The molecule has 0 heterocycles. The maximum Gasteiger partial charge on any atom is 0.334 e. The van der Waals surface area contributed by atoms with Crippen molar-refractivity contribution in [2.75, 3.05) is 14.2 Å². The Balaban J connectivity index is 3.28. The Morgan fingerprint density at radius 2 is 1.59 bits per heavy atom. The average molecular weight is 304 g/mol. The lowest BCUT2D eigenvalue weighted by atomic mass is 9.92. The molecule has 1 aromatic rings. The van der Waals surface area contributed by atoms with Gasteiger partial charge in [0.1, 0.15) is 6.29 Å². The zero-order chi connectivity index (χ0) is 16.7. The maximum atomic E-state index is 12.1. The van der Waals surface area contributed by atoms with Crippen LogP contribution in [0.2, 0.25) is 0 Å². The molecule has 0 aliphatic rings. The van der Waals surface area contributed by atoms with Crippen molar-refractivity contribution < 1.29 is 23.9 Å². The molecule has 0 unspecified atom stereocenters. The number of benzene rings is 1. The topological polar surface area (TPSA) is 69.7 Å². The third-order valence-corrected chi connectivity index (χ3v) is 3.24. The Bertz CT molecular complexity index is 582. The highest BCUT2D eigenvalue weighted by atomic mass is 16.5. The first-order valence-corrected chi connectivity index (χ1v) is 6.88. The van der Waals surface area contributed by atoms with E-state index >= 15 is 0 Å². The normalized spacial score (nSPS) is 11.7. The molecule has 1 rings (SSSR count). The van der Waals surface area contributed by atoms with Crippen LogP contribution in [0.25, 0.3) is 0 Å². The molecular formula is C17H20O5. The van der Waals surface area contributed by atoms with Crippen molar-refractivity contribution in [3.05, 3.63) is 46.5 Å². The smallest absolute Gasteiger partial charge is 0.334 e. The molecule has 22 heavy (non-hydrogen) atoms. The number of ether oxygens (including phenoxy) is 2. The second-order valence-electron chi connectivity index (χ2n) is 5.07. The Morgan fingerprint density at radius 1 is 1.05 bits per heavy atom. The van der Waals surface area contributed by atoms with Crippen LogP contribution in [0, 0.1) is 5.92 Å². The van der Waals surface area contributed by atoms with Gasteiger partial charge in [-0.3, -0.25) is 4.79 Å². The maximum absolute atomic E-state index is 12.1. The Hall–Kier alpha value is -2.43. The van der Waals surface area contributed by atoms with Crippen molar-refractivity contribution >= 4 is 18.2 Å². The zero-order valence-corrected chi connectivity index (χ0v) is 13.2. The summed E-state index contributed by atoms with van der Waals surface area (Å²) in [4.78, 5) is 34.7. The molecule has 0 aliphatic carbocycles. The first-order valence-electron chi connectivity index (χ1n) is 6.88. The van der Waals surface area contributed by atoms with Gasteiger partial charge in [0.25, 0.3) is 0 Å². The molecule has 0 bridgehead atoms. The number of esters is 2. The lowest BCUT2D eigenvalue weighted by Crippen LogP contribution is -2.20. The molecule has 118 valence electrons. The first kappa shape index (κ1) is 17.6. The molecule has 5 nitrogen and oxygen atoms in total. The minimum atomic E-state index is -0.562. The summed E-state index contributed by atoms with van der Waals surface area (Å²) in [6.45, 7) is 3.62. The predicted octanol–water partition coefficient (Wildman–Crippen LogP) is 2.34. The molecule has 0 saturated heterocycles. The summed E-state index contributed by atoms with van der Waals surface area (Å²) < 4.78 is 9.57. The van der Waals surface area contributed by atoms with Crippen molar-refractivity contribution in [1.29, 1.82) is 0 Å². The SMILES string of the molecule is COC(=O)C(Cc1ccc(C=O)cc1)=C(C(=O)OC)C(C)C. The van der Waals surface area contributed by atoms with Gasteiger partial charge in [0.2, 0.25) is 0 Å². The van der Waals surface area contributed by atoms with Gasteiger partial charge in [0.15, 0.2) is 0 Å². The highest BCUT2D eigenvalue weighted by Gasteiger charge is 2.25. The van der Waals surface area contributed by atoms with Crippen LogP contribution in [0.1, 0.15) is 29.8 Å². The monoisotopic (exact) mass is 304 g/mol. The number of hydrogen-bond acceptors (Lipinski definition) is 5. The van der Waals surface area contributed by atoms with Crippen molar-refractivity contribution in [3.63, 3.8) is 0 Å². The Morgan fingerprint density at radius 3 is 2.00 bits per heavy atom. The molecule has 1 aromatic carbocycles. The van der Waals surface area contributed by atoms with Crippen molar-refractivity contribution in [2.24, 2.45) is 5.92 Å². The summed E-state index contributed by atoms with van der Waals surface area (Å²) >= 11 is 0. The highest BCUT2D eigenvalue weighted by molar-refractivity contribution is 6.00. The lowest BCUT2D eigenvalue weighted by molar-refractivity contribution is -0.139. The molecular weight excluding hydrogens is 284 g/mol. The zero-order valence-electron chi connectivity index (χ0n) is 13.2. The molecule has 0 fully saturated rings. The van der Waals surface area contributed by atoms with Crippen molar-refractivity contribution in [2.45, 2.75) is 20.3 Å². The van der Waals surface area contributed by atoms with Crippen LogP contribution in [0.3, 0.4) is 0 Å². The standard InChI is InChI=1S/C17H20O5/c1-11(2)15(17(20)22-4)14(16(19)21-3)9-12-5-7-13(10-18)8-6-12/h5-8,10-11H,9H2,1-4H3. The minimum Gasteiger partial charge on any atom is -0.466 e. The molecule has 0 saturated carbocycles. The largest absolute Gasteiger partial charge is 0.466 e.